The predicted octanol–water partition coefficient (Wildman–Crippen LogP) is 1.81. The summed E-state index contributed by atoms with van der Waals surface area (Å²) in [7, 11) is 0. The van der Waals surface area contributed by atoms with Crippen LogP contribution < -0.4 is 5.32 Å². The number of aromatic nitrogens is 3. The molecule has 3 aromatic rings. The van der Waals surface area contributed by atoms with Gasteiger partial charge in [0.1, 0.15) is 0 Å². The Morgan fingerprint density at radius 2 is 1.87 bits per heavy atom. The zero-order chi connectivity index (χ0) is 21.8. The summed E-state index contributed by atoms with van der Waals surface area (Å²) in [6.07, 6.45) is 2.47. The SMILES string of the molecule is Cc1cc2ncc(C(=O)N3CCCN(CC(=O)NCc4ccccc4)CC3)c(C)n2n1. The summed E-state index contributed by atoms with van der Waals surface area (Å²) in [5.41, 5.74) is 4.07. The maximum Gasteiger partial charge on any atom is 0.257 e. The molecule has 0 atom stereocenters. The zero-order valence-electron chi connectivity index (χ0n) is 18.0. The van der Waals surface area contributed by atoms with Crippen molar-refractivity contribution in [1.82, 2.24) is 29.7 Å². The topological polar surface area (TPSA) is 82.8 Å². The van der Waals surface area contributed by atoms with Gasteiger partial charge < -0.3 is 10.2 Å². The molecule has 0 spiro atoms. The summed E-state index contributed by atoms with van der Waals surface area (Å²) in [4.78, 5) is 33.9. The molecule has 0 unspecified atom stereocenters. The molecule has 1 N–H and O–H groups in total. The third kappa shape index (κ3) is 4.91. The highest BCUT2D eigenvalue weighted by atomic mass is 16.2. The summed E-state index contributed by atoms with van der Waals surface area (Å²) in [5.74, 6) is -0.0291. The molecule has 162 valence electrons. The van der Waals surface area contributed by atoms with Crippen molar-refractivity contribution in [2.24, 2.45) is 0 Å². The Morgan fingerprint density at radius 1 is 1.06 bits per heavy atom. The lowest BCUT2D eigenvalue weighted by atomic mass is 10.2. The van der Waals surface area contributed by atoms with E-state index in [0.29, 0.717) is 38.3 Å². The highest BCUT2D eigenvalue weighted by molar-refractivity contribution is 5.95. The van der Waals surface area contributed by atoms with Gasteiger partial charge in [-0.15, -0.1) is 0 Å². The molecule has 3 heterocycles. The Kier molecular flexibility index (Phi) is 6.27. The van der Waals surface area contributed by atoms with E-state index in [-0.39, 0.29) is 11.8 Å². The Bertz CT molecular complexity index is 1080. The number of fused-ring (bicyclic) bond motifs is 1. The molecular formula is C23H28N6O2. The minimum atomic E-state index is -0.0320. The molecular weight excluding hydrogens is 392 g/mol. The maximum atomic E-state index is 13.2. The van der Waals surface area contributed by atoms with E-state index in [1.54, 1.807) is 10.7 Å². The highest BCUT2D eigenvalue weighted by Crippen LogP contribution is 2.15. The maximum absolute atomic E-state index is 13.2. The first-order chi connectivity index (χ1) is 15.0. The van der Waals surface area contributed by atoms with E-state index in [9.17, 15) is 9.59 Å². The lowest BCUT2D eigenvalue weighted by Gasteiger charge is -2.22. The average Bonchev–Trinajstić information content (AvgIpc) is 3.00. The van der Waals surface area contributed by atoms with Gasteiger partial charge in [-0.1, -0.05) is 30.3 Å². The van der Waals surface area contributed by atoms with E-state index in [0.717, 1.165) is 35.6 Å². The normalized spacial score (nSPS) is 15.1. The molecule has 0 aliphatic carbocycles. The molecule has 1 aromatic carbocycles. The summed E-state index contributed by atoms with van der Waals surface area (Å²) in [6.45, 7) is 7.38. The quantitative estimate of drug-likeness (QED) is 0.681. The second kappa shape index (κ2) is 9.26. The predicted molar refractivity (Wildman–Crippen MR) is 118 cm³/mol. The van der Waals surface area contributed by atoms with Crippen LogP contribution in [0.1, 0.15) is 33.7 Å². The van der Waals surface area contributed by atoms with Crippen molar-refractivity contribution in [3.63, 3.8) is 0 Å². The zero-order valence-corrected chi connectivity index (χ0v) is 18.0. The summed E-state index contributed by atoms with van der Waals surface area (Å²) in [6, 6.07) is 11.8. The van der Waals surface area contributed by atoms with E-state index in [1.807, 2.05) is 55.1 Å². The van der Waals surface area contributed by atoms with E-state index in [4.69, 9.17) is 0 Å². The van der Waals surface area contributed by atoms with Crippen LogP contribution in [0.25, 0.3) is 5.65 Å². The van der Waals surface area contributed by atoms with Gasteiger partial charge >= 0.3 is 0 Å². The number of rotatable bonds is 5. The highest BCUT2D eigenvalue weighted by Gasteiger charge is 2.24. The van der Waals surface area contributed by atoms with Crippen LogP contribution in [0.4, 0.5) is 0 Å². The first-order valence-corrected chi connectivity index (χ1v) is 10.7. The largest absolute Gasteiger partial charge is 0.351 e. The van der Waals surface area contributed by atoms with E-state index >= 15 is 0 Å². The van der Waals surface area contributed by atoms with Gasteiger partial charge in [-0.2, -0.15) is 5.10 Å². The van der Waals surface area contributed by atoms with Crippen LogP contribution in [0.3, 0.4) is 0 Å². The summed E-state index contributed by atoms with van der Waals surface area (Å²) in [5, 5.41) is 7.41. The third-order valence-corrected chi connectivity index (χ3v) is 5.65. The van der Waals surface area contributed by atoms with Gasteiger partial charge in [0.25, 0.3) is 5.91 Å². The van der Waals surface area contributed by atoms with Crippen LogP contribution in [0, 0.1) is 13.8 Å². The van der Waals surface area contributed by atoms with Crippen molar-refractivity contribution in [2.75, 3.05) is 32.7 Å². The summed E-state index contributed by atoms with van der Waals surface area (Å²) < 4.78 is 1.73. The third-order valence-electron chi connectivity index (χ3n) is 5.65. The number of hydrogen-bond donors (Lipinski definition) is 1. The van der Waals surface area contributed by atoms with Crippen molar-refractivity contribution < 1.29 is 9.59 Å². The van der Waals surface area contributed by atoms with Crippen LogP contribution in [0.15, 0.2) is 42.6 Å². The second-order valence-electron chi connectivity index (χ2n) is 8.00. The number of hydrogen-bond acceptors (Lipinski definition) is 5. The van der Waals surface area contributed by atoms with Crippen molar-refractivity contribution in [2.45, 2.75) is 26.8 Å². The van der Waals surface area contributed by atoms with Gasteiger partial charge in [0.15, 0.2) is 5.65 Å². The van der Waals surface area contributed by atoms with E-state index in [2.05, 4.69) is 20.3 Å². The number of aryl methyl sites for hydroxylation is 2. The van der Waals surface area contributed by atoms with Gasteiger partial charge in [0.05, 0.1) is 23.5 Å². The van der Waals surface area contributed by atoms with Crippen LogP contribution >= 0.6 is 0 Å². The molecule has 1 fully saturated rings. The first-order valence-electron chi connectivity index (χ1n) is 10.7. The minimum absolute atomic E-state index is 0.00294. The Labute approximate surface area is 181 Å². The first kappa shape index (κ1) is 21.0. The fraction of sp³-hybridized carbons (Fsp3) is 0.391. The lowest BCUT2D eigenvalue weighted by Crippen LogP contribution is -2.40. The second-order valence-corrected chi connectivity index (χ2v) is 8.00. The molecule has 2 aromatic heterocycles. The van der Waals surface area contributed by atoms with Crippen molar-refractivity contribution in [3.8, 4) is 0 Å². The molecule has 1 aliphatic rings. The van der Waals surface area contributed by atoms with Crippen molar-refractivity contribution in [3.05, 3.63) is 65.1 Å². The van der Waals surface area contributed by atoms with Crippen LogP contribution in [-0.2, 0) is 11.3 Å². The van der Waals surface area contributed by atoms with Crippen LogP contribution in [-0.4, -0.2) is 68.9 Å². The number of benzene rings is 1. The van der Waals surface area contributed by atoms with Gasteiger partial charge in [0.2, 0.25) is 5.91 Å². The fourth-order valence-corrected chi connectivity index (χ4v) is 3.93. The number of nitrogens with one attached hydrogen (secondary N) is 1. The van der Waals surface area contributed by atoms with E-state index < -0.39 is 0 Å². The van der Waals surface area contributed by atoms with Crippen molar-refractivity contribution in [1.29, 1.82) is 0 Å². The molecule has 8 heteroatoms. The molecule has 1 saturated heterocycles. The van der Waals surface area contributed by atoms with Gasteiger partial charge in [0, 0.05) is 45.0 Å². The average molecular weight is 421 g/mol. The number of nitrogens with zero attached hydrogens (tertiary/aromatic N) is 5. The van der Waals surface area contributed by atoms with Crippen molar-refractivity contribution >= 4 is 17.5 Å². The smallest absolute Gasteiger partial charge is 0.257 e. The van der Waals surface area contributed by atoms with Gasteiger partial charge in [-0.25, -0.2) is 9.50 Å². The molecule has 4 rings (SSSR count). The molecule has 0 radical (unpaired) electrons. The molecule has 0 saturated carbocycles. The Morgan fingerprint density at radius 3 is 2.68 bits per heavy atom. The number of carbonyl (C=O) groups excluding carboxylic acids is 2. The Balaban J connectivity index is 1.34. The molecule has 31 heavy (non-hydrogen) atoms. The van der Waals surface area contributed by atoms with Crippen LogP contribution in [0.5, 0.6) is 0 Å². The lowest BCUT2D eigenvalue weighted by molar-refractivity contribution is -0.122. The number of amides is 2. The number of carbonyl (C=O) groups is 2. The molecule has 8 nitrogen and oxygen atoms in total. The molecule has 0 bridgehead atoms. The van der Waals surface area contributed by atoms with Gasteiger partial charge in [-0.3, -0.25) is 14.5 Å². The summed E-state index contributed by atoms with van der Waals surface area (Å²) >= 11 is 0. The molecule has 2 amide bonds. The fourth-order valence-electron chi connectivity index (χ4n) is 3.93. The van der Waals surface area contributed by atoms with Crippen LogP contribution in [0.2, 0.25) is 0 Å². The minimum Gasteiger partial charge on any atom is -0.351 e. The van der Waals surface area contributed by atoms with E-state index in [1.165, 1.54) is 0 Å². The Hall–Kier alpha value is -3.26. The monoisotopic (exact) mass is 420 g/mol. The van der Waals surface area contributed by atoms with Gasteiger partial charge in [-0.05, 0) is 25.8 Å². The molecule has 1 aliphatic heterocycles. The standard InChI is InChI=1S/C23H28N6O2/c1-17-13-21-24-15-20(18(2)29(21)26-17)23(31)28-10-6-9-27(11-12-28)16-22(30)25-14-19-7-4-3-5-8-19/h3-5,7-8,13,15H,6,9-12,14,16H2,1-2H3,(H,25,30).